The molecule has 17 heavy (non-hydrogen) atoms. The van der Waals surface area contributed by atoms with Gasteiger partial charge < -0.3 is 15.7 Å². The zero-order valence-electron chi connectivity index (χ0n) is 9.49. The van der Waals surface area contributed by atoms with Gasteiger partial charge in [0, 0.05) is 5.92 Å². The van der Waals surface area contributed by atoms with Gasteiger partial charge in [-0.2, -0.15) is 0 Å². The Kier molecular flexibility index (Phi) is 3.28. The van der Waals surface area contributed by atoms with E-state index in [2.05, 4.69) is 10.6 Å². The van der Waals surface area contributed by atoms with Gasteiger partial charge in [0.15, 0.2) is 5.11 Å². The molecule has 1 fully saturated rings. The highest BCUT2D eigenvalue weighted by Crippen LogP contribution is 2.29. The van der Waals surface area contributed by atoms with Gasteiger partial charge in [0.25, 0.3) is 0 Å². The van der Waals surface area contributed by atoms with Crippen LogP contribution in [0.3, 0.4) is 0 Å². The Bertz CT molecular complexity index is 470. The van der Waals surface area contributed by atoms with Crippen molar-refractivity contribution in [2.75, 3.05) is 5.32 Å². The molecule has 0 unspecified atom stereocenters. The first-order chi connectivity index (χ1) is 8.06. The summed E-state index contributed by atoms with van der Waals surface area (Å²) in [4.78, 5) is 11.5. The van der Waals surface area contributed by atoms with Crippen LogP contribution in [0.4, 0.5) is 5.69 Å². The van der Waals surface area contributed by atoms with Crippen molar-refractivity contribution in [3.8, 4) is 5.75 Å². The molecule has 2 rings (SSSR count). The van der Waals surface area contributed by atoms with Gasteiger partial charge in [0.05, 0.1) is 5.69 Å². The molecule has 3 N–H and O–H groups in total. The van der Waals surface area contributed by atoms with Crippen LogP contribution in [-0.2, 0) is 4.79 Å². The number of phenols is 1. The molecule has 0 aromatic heterocycles. The Labute approximate surface area is 105 Å². The van der Waals surface area contributed by atoms with Gasteiger partial charge in [0.1, 0.15) is 5.75 Å². The van der Waals surface area contributed by atoms with E-state index in [0.29, 0.717) is 5.69 Å². The number of nitrogens with one attached hydrogen (secondary N) is 2. The van der Waals surface area contributed by atoms with Gasteiger partial charge in [-0.25, -0.2) is 0 Å². The van der Waals surface area contributed by atoms with Crippen molar-refractivity contribution in [1.82, 2.24) is 5.32 Å². The standard InChI is InChI=1S/C12H14N2O2S/c1-7-2-5-10(15)9(6-7)13-12(17)14-11(16)8-3-4-8/h2,5-6,8,15H,3-4H2,1H3,(H2,13,14,16,17). The quantitative estimate of drug-likeness (QED) is 0.554. The van der Waals surface area contributed by atoms with Crippen LogP contribution in [0, 0.1) is 12.8 Å². The summed E-state index contributed by atoms with van der Waals surface area (Å²) in [5, 5.41) is 15.3. The monoisotopic (exact) mass is 250 g/mol. The number of amides is 1. The van der Waals surface area contributed by atoms with Gasteiger partial charge in [-0.05, 0) is 49.7 Å². The van der Waals surface area contributed by atoms with E-state index in [4.69, 9.17) is 12.2 Å². The molecule has 1 amide bonds. The number of carbonyl (C=O) groups excluding carboxylic acids is 1. The van der Waals surface area contributed by atoms with E-state index in [1.165, 1.54) is 0 Å². The third-order valence-corrected chi connectivity index (χ3v) is 2.79. The molecular formula is C12H14N2O2S. The number of rotatable bonds is 2. The van der Waals surface area contributed by atoms with E-state index in [1.807, 2.05) is 6.92 Å². The van der Waals surface area contributed by atoms with Gasteiger partial charge in [-0.1, -0.05) is 6.07 Å². The van der Waals surface area contributed by atoms with Crippen molar-refractivity contribution in [3.63, 3.8) is 0 Å². The molecule has 0 radical (unpaired) electrons. The molecule has 0 heterocycles. The average molecular weight is 250 g/mol. The molecule has 1 aliphatic rings. The lowest BCUT2D eigenvalue weighted by atomic mass is 10.2. The highest BCUT2D eigenvalue weighted by Gasteiger charge is 2.30. The van der Waals surface area contributed by atoms with E-state index in [9.17, 15) is 9.90 Å². The van der Waals surface area contributed by atoms with Crippen molar-refractivity contribution in [2.45, 2.75) is 19.8 Å². The molecule has 1 aromatic carbocycles. The van der Waals surface area contributed by atoms with E-state index in [0.717, 1.165) is 18.4 Å². The zero-order valence-corrected chi connectivity index (χ0v) is 10.3. The van der Waals surface area contributed by atoms with Crippen molar-refractivity contribution in [2.24, 2.45) is 5.92 Å². The highest BCUT2D eigenvalue weighted by molar-refractivity contribution is 7.80. The summed E-state index contributed by atoms with van der Waals surface area (Å²) in [6.45, 7) is 1.91. The lowest BCUT2D eigenvalue weighted by molar-refractivity contribution is -0.120. The van der Waals surface area contributed by atoms with Crippen LogP contribution in [-0.4, -0.2) is 16.1 Å². The topological polar surface area (TPSA) is 61.4 Å². The van der Waals surface area contributed by atoms with Crippen LogP contribution >= 0.6 is 12.2 Å². The van der Waals surface area contributed by atoms with Crippen molar-refractivity contribution in [3.05, 3.63) is 23.8 Å². The third-order valence-electron chi connectivity index (χ3n) is 2.59. The molecule has 1 aliphatic carbocycles. The minimum Gasteiger partial charge on any atom is -0.506 e. The number of anilines is 1. The van der Waals surface area contributed by atoms with Crippen LogP contribution in [0.2, 0.25) is 0 Å². The average Bonchev–Trinajstić information content (AvgIpc) is 3.06. The second-order valence-corrected chi connectivity index (χ2v) is 4.65. The summed E-state index contributed by atoms with van der Waals surface area (Å²) in [6, 6.07) is 5.15. The van der Waals surface area contributed by atoms with Crippen LogP contribution in [0.5, 0.6) is 5.75 Å². The Morgan fingerprint density at radius 2 is 2.18 bits per heavy atom. The summed E-state index contributed by atoms with van der Waals surface area (Å²) in [5.41, 5.74) is 1.51. The summed E-state index contributed by atoms with van der Waals surface area (Å²) in [7, 11) is 0. The summed E-state index contributed by atoms with van der Waals surface area (Å²) in [6.07, 6.45) is 1.87. The SMILES string of the molecule is Cc1ccc(O)c(NC(=S)NC(=O)C2CC2)c1. The lowest BCUT2D eigenvalue weighted by Crippen LogP contribution is -2.35. The first-order valence-corrected chi connectivity index (χ1v) is 5.88. The molecule has 5 heteroatoms. The molecule has 0 spiro atoms. The van der Waals surface area contributed by atoms with Crippen molar-refractivity contribution < 1.29 is 9.90 Å². The fourth-order valence-corrected chi connectivity index (χ4v) is 1.67. The first-order valence-electron chi connectivity index (χ1n) is 5.48. The highest BCUT2D eigenvalue weighted by atomic mass is 32.1. The number of thiocarbonyl (C=S) groups is 1. The molecule has 0 aliphatic heterocycles. The molecule has 0 bridgehead atoms. The maximum Gasteiger partial charge on any atom is 0.229 e. The van der Waals surface area contributed by atoms with Crippen LogP contribution in [0.25, 0.3) is 0 Å². The number of hydrogen-bond donors (Lipinski definition) is 3. The molecular weight excluding hydrogens is 236 g/mol. The molecule has 90 valence electrons. The number of phenolic OH excluding ortho intramolecular Hbond substituents is 1. The number of aromatic hydroxyl groups is 1. The fourth-order valence-electron chi connectivity index (χ4n) is 1.46. The van der Waals surface area contributed by atoms with Crippen molar-refractivity contribution >= 4 is 28.9 Å². The maximum absolute atomic E-state index is 11.5. The largest absolute Gasteiger partial charge is 0.506 e. The molecule has 4 nitrogen and oxygen atoms in total. The molecule has 1 saturated carbocycles. The first kappa shape index (κ1) is 11.9. The Balaban J connectivity index is 1.97. The smallest absolute Gasteiger partial charge is 0.229 e. The summed E-state index contributed by atoms with van der Waals surface area (Å²) >= 11 is 5.01. The molecule has 0 atom stereocenters. The summed E-state index contributed by atoms with van der Waals surface area (Å²) in [5.74, 6) is 0.175. The minimum atomic E-state index is -0.0466. The van der Waals surface area contributed by atoms with Crippen molar-refractivity contribution in [1.29, 1.82) is 0 Å². The Morgan fingerprint density at radius 3 is 2.82 bits per heavy atom. The molecule has 1 aromatic rings. The van der Waals surface area contributed by atoms with Gasteiger partial charge in [-0.15, -0.1) is 0 Å². The van der Waals surface area contributed by atoms with Gasteiger partial charge >= 0.3 is 0 Å². The predicted molar refractivity (Wildman–Crippen MR) is 69.9 cm³/mol. The second-order valence-electron chi connectivity index (χ2n) is 4.24. The van der Waals surface area contributed by atoms with Crippen LogP contribution in [0.1, 0.15) is 18.4 Å². The van der Waals surface area contributed by atoms with E-state index >= 15 is 0 Å². The van der Waals surface area contributed by atoms with E-state index < -0.39 is 0 Å². The van der Waals surface area contributed by atoms with Crippen LogP contribution < -0.4 is 10.6 Å². The predicted octanol–water partition coefficient (Wildman–Crippen LogP) is 1.92. The van der Waals surface area contributed by atoms with E-state index in [1.54, 1.807) is 18.2 Å². The second kappa shape index (κ2) is 4.71. The summed E-state index contributed by atoms with van der Waals surface area (Å²) < 4.78 is 0. The normalized spacial score (nSPS) is 14.2. The number of carbonyl (C=O) groups is 1. The Morgan fingerprint density at radius 1 is 1.47 bits per heavy atom. The lowest BCUT2D eigenvalue weighted by Gasteiger charge is -2.11. The number of benzene rings is 1. The maximum atomic E-state index is 11.5. The third kappa shape index (κ3) is 3.17. The number of aryl methyl sites for hydroxylation is 1. The minimum absolute atomic E-state index is 0.0466. The van der Waals surface area contributed by atoms with E-state index in [-0.39, 0.29) is 22.7 Å². The molecule has 0 saturated heterocycles. The van der Waals surface area contributed by atoms with Gasteiger partial charge in [0.2, 0.25) is 5.91 Å². The van der Waals surface area contributed by atoms with Gasteiger partial charge in [-0.3, -0.25) is 4.79 Å². The number of hydrogen-bond acceptors (Lipinski definition) is 3. The zero-order chi connectivity index (χ0) is 12.4. The fraction of sp³-hybridized carbons (Fsp3) is 0.333. The Hall–Kier alpha value is -1.62. The van der Waals surface area contributed by atoms with Crippen LogP contribution in [0.15, 0.2) is 18.2 Å².